The van der Waals surface area contributed by atoms with Crippen molar-refractivity contribution in [3.05, 3.63) is 64.7 Å². The van der Waals surface area contributed by atoms with Gasteiger partial charge in [0.1, 0.15) is 6.04 Å². The number of nitrogens with one attached hydrogen (secondary N) is 1. The minimum Gasteiger partial charge on any atom is -0.396 e. The topological polar surface area (TPSA) is 107 Å². The van der Waals surface area contributed by atoms with Gasteiger partial charge in [-0.25, -0.2) is 8.42 Å². The van der Waals surface area contributed by atoms with Gasteiger partial charge < -0.3 is 15.3 Å². The number of hydrogen-bond donors (Lipinski definition) is 2. The molecule has 36 heavy (non-hydrogen) atoms. The molecule has 0 saturated carbocycles. The van der Waals surface area contributed by atoms with Crippen LogP contribution < -0.4 is 5.32 Å². The average Bonchev–Trinajstić information content (AvgIpc) is 3.43. The summed E-state index contributed by atoms with van der Waals surface area (Å²) in [4.78, 5) is 27.7. The highest BCUT2D eigenvalue weighted by molar-refractivity contribution is 7.89. The van der Waals surface area contributed by atoms with E-state index in [-0.39, 0.29) is 36.3 Å². The number of nitrogens with zero attached hydrogens (tertiary/aromatic N) is 2. The van der Waals surface area contributed by atoms with Crippen molar-refractivity contribution in [1.29, 1.82) is 0 Å². The van der Waals surface area contributed by atoms with E-state index in [1.54, 1.807) is 43.3 Å². The lowest BCUT2D eigenvalue weighted by Crippen LogP contribution is -2.48. The van der Waals surface area contributed by atoms with E-state index in [1.165, 1.54) is 9.21 Å². The van der Waals surface area contributed by atoms with Crippen molar-refractivity contribution in [2.75, 3.05) is 26.2 Å². The zero-order valence-corrected chi connectivity index (χ0v) is 22.1. The largest absolute Gasteiger partial charge is 0.396 e. The molecule has 1 atom stereocenters. The van der Waals surface area contributed by atoms with E-state index in [4.69, 9.17) is 16.7 Å². The van der Waals surface area contributed by atoms with E-state index in [1.807, 2.05) is 12.1 Å². The molecule has 0 aromatic heterocycles. The standard InChI is InChI=1S/C26H34ClN3O5S/c1-20(26(33)28-15-4-18-31)30(19-22-5-10-23(27)11-6-22)25(32)14-9-21-7-12-24(13-8-21)36(34,35)29-16-2-3-17-29/h5-8,10-13,20,31H,2-4,9,14-19H2,1H3,(H,28,33)/t20-/m1/s1. The Balaban J connectivity index is 1.67. The van der Waals surface area contributed by atoms with Crippen molar-refractivity contribution < 1.29 is 23.1 Å². The first-order valence-electron chi connectivity index (χ1n) is 12.2. The molecule has 0 bridgehead atoms. The van der Waals surface area contributed by atoms with E-state index >= 15 is 0 Å². The fraction of sp³-hybridized carbons (Fsp3) is 0.462. The molecule has 0 spiro atoms. The zero-order valence-electron chi connectivity index (χ0n) is 20.5. The van der Waals surface area contributed by atoms with Crippen LogP contribution in [0.3, 0.4) is 0 Å². The molecule has 196 valence electrons. The molecule has 2 N–H and O–H groups in total. The van der Waals surface area contributed by atoms with Crippen LogP contribution in [0.15, 0.2) is 53.4 Å². The molecule has 0 radical (unpaired) electrons. The summed E-state index contributed by atoms with van der Waals surface area (Å²) in [5.74, 6) is -0.481. The summed E-state index contributed by atoms with van der Waals surface area (Å²) in [6, 6.07) is 13.1. The average molecular weight is 536 g/mol. The normalized spacial score (nSPS) is 15.0. The van der Waals surface area contributed by atoms with Gasteiger partial charge in [-0.05, 0) is 68.0 Å². The van der Waals surface area contributed by atoms with Crippen molar-refractivity contribution in [2.24, 2.45) is 0 Å². The van der Waals surface area contributed by atoms with Gasteiger partial charge in [0.25, 0.3) is 0 Å². The molecular formula is C26H34ClN3O5S. The molecular weight excluding hydrogens is 502 g/mol. The Morgan fingerprint density at radius 2 is 1.67 bits per heavy atom. The van der Waals surface area contributed by atoms with E-state index in [9.17, 15) is 18.0 Å². The lowest BCUT2D eigenvalue weighted by atomic mass is 10.1. The molecule has 2 aromatic rings. The summed E-state index contributed by atoms with van der Waals surface area (Å²) >= 11 is 5.98. The van der Waals surface area contributed by atoms with Crippen molar-refractivity contribution in [1.82, 2.24) is 14.5 Å². The third-order valence-corrected chi connectivity index (χ3v) is 8.49. The van der Waals surface area contributed by atoms with Gasteiger partial charge in [0.2, 0.25) is 21.8 Å². The molecule has 10 heteroatoms. The number of sulfonamides is 1. The second-order valence-corrected chi connectivity index (χ2v) is 11.3. The molecule has 2 amide bonds. The summed E-state index contributed by atoms with van der Waals surface area (Å²) < 4.78 is 27.0. The van der Waals surface area contributed by atoms with Crippen LogP contribution >= 0.6 is 11.6 Å². The summed E-state index contributed by atoms with van der Waals surface area (Å²) in [7, 11) is -3.48. The number of aliphatic hydroxyl groups is 1. The number of amides is 2. The van der Waals surface area contributed by atoms with Crippen molar-refractivity contribution >= 4 is 33.4 Å². The van der Waals surface area contributed by atoms with Gasteiger partial charge in [-0.2, -0.15) is 4.31 Å². The van der Waals surface area contributed by atoms with Crippen molar-refractivity contribution in [3.8, 4) is 0 Å². The molecule has 1 aliphatic heterocycles. The fourth-order valence-electron chi connectivity index (χ4n) is 4.11. The summed E-state index contributed by atoms with van der Waals surface area (Å²) in [6.07, 6.45) is 2.78. The Labute approximate surface area is 218 Å². The molecule has 3 rings (SSSR count). The first kappa shape index (κ1) is 28.1. The molecule has 1 heterocycles. The predicted molar refractivity (Wildman–Crippen MR) is 139 cm³/mol. The minimum absolute atomic E-state index is 0.0276. The minimum atomic E-state index is -3.48. The highest BCUT2D eigenvalue weighted by Gasteiger charge is 2.28. The summed E-state index contributed by atoms with van der Waals surface area (Å²) in [5, 5.41) is 12.3. The molecule has 1 fully saturated rings. The number of hydrogen-bond acceptors (Lipinski definition) is 5. The monoisotopic (exact) mass is 535 g/mol. The number of rotatable bonds is 12. The zero-order chi connectivity index (χ0) is 26.1. The Morgan fingerprint density at radius 3 is 2.28 bits per heavy atom. The van der Waals surface area contributed by atoms with Gasteiger partial charge in [-0.3, -0.25) is 9.59 Å². The van der Waals surface area contributed by atoms with Crippen molar-refractivity contribution in [2.45, 2.75) is 56.5 Å². The van der Waals surface area contributed by atoms with E-state index in [0.29, 0.717) is 37.5 Å². The van der Waals surface area contributed by atoms with Crippen molar-refractivity contribution in [3.63, 3.8) is 0 Å². The maximum Gasteiger partial charge on any atom is 0.243 e. The van der Waals surface area contributed by atoms with Gasteiger partial charge in [0.15, 0.2) is 0 Å². The van der Waals surface area contributed by atoms with Gasteiger partial charge in [0, 0.05) is 44.2 Å². The van der Waals surface area contributed by atoms with E-state index < -0.39 is 16.1 Å². The van der Waals surface area contributed by atoms with Gasteiger partial charge in [-0.1, -0.05) is 35.9 Å². The van der Waals surface area contributed by atoms with Gasteiger partial charge in [0.05, 0.1) is 4.90 Å². The molecule has 0 aliphatic carbocycles. The maximum atomic E-state index is 13.2. The fourth-order valence-corrected chi connectivity index (χ4v) is 5.75. The number of aliphatic hydroxyl groups excluding tert-OH is 1. The number of carbonyl (C=O) groups excluding carboxylic acids is 2. The smallest absolute Gasteiger partial charge is 0.243 e. The lowest BCUT2D eigenvalue weighted by molar-refractivity contribution is -0.140. The van der Waals surface area contributed by atoms with Crippen LogP contribution in [0.2, 0.25) is 5.02 Å². The van der Waals surface area contributed by atoms with Crippen LogP contribution in [0.4, 0.5) is 0 Å². The van der Waals surface area contributed by atoms with Crippen LogP contribution in [0.25, 0.3) is 0 Å². The summed E-state index contributed by atoms with van der Waals surface area (Å²) in [5.41, 5.74) is 1.69. The van der Waals surface area contributed by atoms with Gasteiger partial charge >= 0.3 is 0 Å². The van der Waals surface area contributed by atoms with Crippen LogP contribution in [0.1, 0.15) is 43.7 Å². The number of benzene rings is 2. The first-order valence-corrected chi connectivity index (χ1v) is 14.1. The van der Waals surface area contributed by atoms with Crippen LogP contribution in [-0.4, -0.2) is 66.8 Å². The molecule has 2 aromatic carbocycles. The van der Waals surface area contributed by atoms with Gasteiger partial charge in [-0.15, -0.1) is 0 Å². The third-order valence-electron chi connectivity index (χ3n) is 6.32. The SMILES string of the molecule is C[C@H](C(=O)NCCCO)N(Cc1ccc(Cl)cc1)C(=O)CCc1ccc(S(=O)(=O)N2CCCC2)cc1. The Morgan fingerprint density at radius 1 is 1.06 bits per heavy atom. The second kappa shape index (κ2) is 13.2. The highest BCUT2D eigenvalue weighted by atomic mass is 35.5. The Kier molecular flexibility index (Phi) is 10.3. The van der Waals surface area contributed by atoms with Crippen LogP contribution in [-0.2, 0) is 32.6 Å². The third kappa shape index (κ3) is 7.52. The van der Waals surface area contributed by atoms with Crippen LogP contribution in [0.5, 0.6) is 0 Å². The quantitative estimate of drug-likeness (QED) is 0.406. The summed E-state index contributed by atoms with van der Waals surface area (Å²) in [6.45, 7) is 3.33. The number of carbonyl (C=O) groups is 2. The van der Waals surface area contributed by atoms with Crippen LogP contribution in [0, 0.1) is 0 Å². The molecule has 8 nitrogen and oxygen atoms in total. The predicted octanol–water partition coefficient (Wildman–Crippen LogP) is 2.97. The highest BCUT2D eigenvalue weighted by Crippen LogP contribution is 2.22. The lowest BCUT2D eigenvalue weighted by Gasteiger charge is -2.29. The molecule has 1 aliphatic rings. The Hall–Kier alpha value is -2.46. The number of aryl methyl sites for hydroxylation is 1. The molecule has 1 saturated heterocycles. The second-order valence-electron chi connectivity index (χ2n) is 8.95. The van der Waals surface area contributed by atoms with E-state index in [0.717, 1.165) is 24.0 Å². The maximum absolute atomic E-state index is 13.2. The molecule has 0 unspecified atom stereocenters. The Bertz CT molecular complexity index is 1120. The number of halogens is 1. The van der Waals surface area contributed by atoms with E-state index in [2.05, 4.69) is 5.32 Å². The first-order chi connectivity index (χ1) is 17.2.